The number of rotatable bonds is 6. The van der Waals surface area contributed by atoms with Crippen molar-refractivity contribution in [1.29, 1.82) is 0 Å². The summed E-state index contributed by atoms with van der Waals surface area (Å²) in [5.41, 5.74) is 1.61. The first-order valence-corrected chi connectivity index (χ1v) is 8.20. The number of hydrogen-bond donors (Lipinski definition) is 1. The van der Waals surface area contributed by atoms with Crippen LogP contribution in [-0.2, 0) is 4.79 Å². The molecule has 2 rings (SSSR count). The molecule has 0 saturated carbocycles. The molecule has 0 radical (unpaired) electrons. The van der Waals surface area contributed by atoms with E-state index in [1.165, 1.54) is 16.2 Å². The summed E-state index contributed by atoms with van der Waals surface area (Å²) in [6, 6.07) is 8.97. The molecule has 0 aliphatic heterocycles. The Bertz CT molecular complexity index is 679. The highest BCUT2D eigenvalue weighted by Crippen LogP contribution is 2.18. The lowest BCUT2D eigenvalue weighted by Crippen LogP contribution is -2.37. The first-order valence-electron chi connectivity index (χ1n) is 7.32. The van der Waals surface area contributed by atoms with Crippen LogP contribution in [0.2, 0.25) is 0 Å². The van der Waals surface area contributed by atoms with Crippen molar-refractivity contribution in [1.82, 2.24) is 4.90 Å². The lowest BCUT2D eigenvalue weighted by atomic mass is 10.2. The van der Waals surface area contributed by atoms with Crippen LogP contribution in [0.15, 0.2) is 35.7 Å². The van der Waals surface area contributed by atoms with E-state index >= 15 is 0 Å². The summed E-state index contributed by atoms with van der Waals surface area (Å²) in [6.45, 7) is 4.27. The van der Waals surface area contributed by atoms with E-state index in [2.05, 4.69) is 5.32 Å². The maximum atomic E-state index is 12.5. The highest BCUT2D eigenvalue weighted by molar-refractivity contribution is 7.12. The number of amides is 2. The molecule has 1 aromatic carbocycles. The maximum absolute atomic E-state index is 12.5. The second-order valence-corrected chi connectivity index (χ2v) is 5.94. The van der Waals surface area contributed by atoms with E-state index in [0.717, 1.165) is 11.3 Å². The van der Waals surface area contributed by atoms with Gasteiger partial charge in [-0.1, -0.05) is 0 Å². The Labute approximate surface area is 139 Å². The number of hydrogen-bond acceptors (Lipinski definition) is 4. The predicted molar refractivity (Wildman–Crippen MR) is 92.3 cm³/mol. The van der Waals surface area contributed by atoms with Crippen molar-refractivity contribution >= 4 is 28.8 Å². The van der Waals surface area contributed by atoms with Crippen LogP contribution in [0.3, 0.4) is 0 Å². The average molecular weight is 332 g/mol. The van der Waals surface area contributed by atoms with Gasteiger partial charge in [0.05, 0.1) is 12.0 Å². The summed E-state index contributed by atoms with van der Waals surface area (Å²) in [4.78, 5) is 26.9. The van der Waals surface area contributed by atoms with Crippen molar-refractivity contribution in [2.75, 3.05) is 25.5 Å². The summed E-state index contributed by atoms with van der Waals surface area (Å²) in [5, 5.41) is 4.67. The molecular weight excluding hydrogens is 312 g/mol. The molecule has 1 N–H and O–H groups in total. The van der Waals surface area contributed by atoms with Crippen LogP contribution < -0.4 is 10.1 Å². The molecule has 122 valence electrons. The topological polar surface area (TPSA) is 58.6 Å². The lowest BCUT2D eigenvalue weighted by Gasteiger charge is -2.20. The molecule has 5 nitrogen and oxygen atoms in total. The van der Waals surface area contributed by atoms with Gasteiger partial charge in [-0.3, -0.25) is 9.59 Å². The molecule has 0 saturated heterocycles. The molecule has 0 atom stereocenters. The number of ether oxygens (including phenoxy) is 1. The average Bonchev–Trinajstić information content (AvgIpc) is 2.98. The summed E-state index contributed by atoms with van der Waals surface area (Å²) >= 11 is 1.40. The number of carbonyl (C=O) groups is 2. The Balaban J connectivity index is 1.99. The fourth-order valence-corrected chi connectivity index (χ4v) is 3.00. The number of likely N-dealkylation sites (N-methyl/N-ethyl adjacent to an activating group) is 1. The van der Waals surface area contributed by atoms with Crippen molar-refractivity contribution < 1.29 is 14.3 Å². The third kappa shape index (κ3) is 4.32. The normalized spacial score (nSPS) is 10.2. The first kappa shape index (κ1) is 17.0. The molecule has 2 amide bonds. The number of benzene rings is 1. The predicted octanol–water partition coefficient (Wildman–Crippen LogP) is 3.17. The van der Waals surface area contributed by atoms with Gasteiger partial charge in [0.1, 0.15) is 12.3 Å². The van der Waals surface area contributed by atoms with Gasteiger partial charge in [-0.05, 0) is 55.1 Å². The van der Waals surface area contributed by atoms with Crippen LogP contribution in [-0.4, -0.2) is 36.9 Å². The summed E-state index contributed by atoms with van der Waals surface area (Å²) < 4.78 is 5.08. The molecule has 23 heavy (non-hydrogen) atoms. The molecule has 0 unspecified atom stereocenters. The molecule has 2 aromatic rings. The van der Waals surface area contributed by atoms with E-state index in [0.29, 0.717) is 17.1 Å². The second-order valence-electron chi connectivity index (χ2n) is 5.03. The molecule has 0 aliphatic rings. The highest BCUT2D eigenvalue weighted by Gasteiger charge is 2.20. The Kier molecular flexibility index (Phi) is 5.76. The maximum Gasteiger partial charge on any atom is 0.264 e. The van der Waals surface area contributed by atoms with Crippen LogP contribution in [0.5, 0.6) is 5.75 Å². The minimum absolute atomic E-state index is 0.0265. The Morgan fingerprint density at radius 1 is 1.22 bits per heavy atom. The number of carbonyl (C=O) groups excluding carboxylic acids is 2. The van der Waals surface area contributed by atoms with E-state index < -0.39 is 0 Å². The minimum Gasteiger partial charge on any atom is -0.497 e. The van der Waals surface area contributed by atoms with Crippen LogP contribution in [0.1, 0.15) is 22.2 Å². The Morgan fingerprint density at radius 2 is 1.91 bits per heavy atom. The van der Waals surface area contributed by atoms with Gasteiger partial charge in [0.15, 0.2) is 0 Å². The molecule has 1 aromatic heterocycles. The zero-order chi connectivity index (χ0) is 16.8. The van der Waals surface area contributed by atoms with Crippen LogP contribution >= 0.6 is 11.3 Å². The van der Waals surface area contributed by atoms with Gasteiger partial charge >= 0.3 is 0 Å². The van der Waals surface area contributed by atoms with Crippen molar-refractivity contribution in [3.05, 3.63) is 46.2 Å². The number of thiophene rings is 1. The van der Waals surface area contributed by atoms with E-state index in [-0.39, 0.29) is 18.4 Å². The van der Waals surface area contributed by atoms with Gasteiger partial charge in [-0.15, -0.1) is 11.3 Å². The third-order valence-electron chi connectivity index (χ3n) is 3.43. The fourth-order valence-electron chi connectivity index (χ4n) is 2.11. The molecule has 1 heterocycles. The zero-order valence-corrected chi connectivity index (χ0v) is 14.3. The second kappa shape index (κ2) is 7.78. The highest BCUT2D eigenvalue weighted by atomic mass is 32.1. The minimum atomic E-state index is -0.223. The number of anilines is 1. The SMILES string of the molecule is CCN(CC(=O)Nc1ccc(OC)cc1)C(=O)c1sccc1C. The number of nitrogens with zero attached hydrogens (tertiary/aromatic N) is 1. The smallest absolute Gasteiger partial charge is 0.264 e. The quantitative estimate of drug-likeness (QED) is 0.884. The van der Waals surface area contributed by atoms with Crippen LogP contribution in [0.4, 0.5) is 5.69 Å². The van der Waals surface area contributed by atoms with Crippen LogP contribution in [0.25, 0.3) is 0 Å². The lowest BCUT2D eigenvalue weighted by molar-refractivity contribution is -0.116. The Hall–Kier alpha value is -2.34. The third-order valence-corrected chi connectivity index (χ3v) is 4.44. The van der Waals surface area contributed by atoms with Gasteiger partial charge in [-0.2, -0.15) is 0 Å². The van der Waals surface area contributed by atoms with Crippen molar-refractivity contribution in [2.45, 2.75) is 13.8 Å². The monoisotopic (exact) mass is 332 g/mol. The van der Waals surface area contributed by atoms with Gasteiger partial charge < -0.3 is 15.0 Å². The van der Waals surface area contributed by atoms with E-state index in [9.17, 15) is 9.59 Å². The summed E-state index contributed by atoms with van der Waals surface area (Å²) in [5.74, 6) is 0.394. The van der Waals surface area contributed by atoms with Crippen molar-refractivity contribution in [3.63, 3.8) is 0 Å². The van der Waals surface area contributed by atoms with Gasteiger partial charge in [0.2, 0.25) is 5.91 Å². The zero-order valence-electron chi connectivity index (χ0n) is 13.5. The van der Waals surface area contributed by atoms with Gasteiger partial charge in [0, 0.05) is 12.2 Å². The number of nitrogens with one attached hydrogen (secondary N) is 1. The molecule has 0 spiro atoms. The molecule has 0 fully saturated rings. The molecular formula is C17H20N2O3S. The van der Waals surface area contributed by atoms with Gasteiger partial charge in [-0.25, -0.2) is 0 Å². The van der Waals surface area contributed by atoms with Crippen molar-refractivity contribution in [2.24, 2.45) is 0 Å². The van der Waals surface area contributed by atoms with E-state index in [1.807, 2.05) is 25.3 Å². The van der Waals surface area contributed by atoms with Crippen LogP contribution in [0, 0.1) is 6.92 Å². The standard InChI is InChI=1S/C17H20N2O3S/c1-4-19(17(21)16-12(2)9-10-23-16)11-15(20)18-13-5-7-14(22-3)8-6-13/h5-10H,4,11H2,1-3H3,(H,18,20). The van der Waals surface area contributed by atoms with Gasteiger partial charge in [0.25, 0.3) is 5.91 Å². The molecule has 0 bridgehead atoms. The van der Waals surface area contributed by atoms with Crippen molar-refractivity contribution in [3.8, 4) is 5.75 Å². The molecule has 0 aliphatic carbocycles. The number of aryl methyl sites for hydroxylation is 1. The summed E-state index contributed by atoms with van der Waals surface area (Å²) in [6.07, 6.45) is 0. The van der Waals surface area contributed by atoms with E-state index in [1.54, 1.807) is 31.4 Å². The number of methoxy groups -OCH3 is 1. The summed E-state index contributed by atoms with van der Waals surface area (Å²) in [7, 11) is 1.59. The Morgan fingerprint density at radius 3 is 2.43 bits per heavy atom. The largest absolute Gasteiger partial charge is 0.497 e. The fraction of sp³-hybridized carbons (Fsp3) is 0.294. The first-order chi connectivity index (χ1) is 11.0. The van der Waals surface area contributed by atoms with E-state index in [4.69, 9.17) is 4.74 Å². The molecule has 6 heteroatoms.